The number of para-hydroxylation sites is 1. The summed E-state index contributed by atoms with van der Waals surface area (Å²) in [6, 6.07) is 27.8. The van der Waals surface area contributed by atoms with Crippen molar-refractivity contribution < 1.29 is 67.2 Å². The zero-order chi connectivity index (χ0) is 69.0. The van der Waals surface area contributed by atoms with Crippen molar-refractivity contribution in [3.63, 3.8) is 0 Å². The van der Waals surface area contributed by atoms with Gasteiger partial charge in [-0.3, -0.25) is 38.4 Å². The van der Waals surface area contributed by atoms with Crippen molar-refractivity contribution in [1.29, 1.82) is 0 Å². The average molecular weight is 1330 g/mol. The second kappa shape index (κ2) is 29.4. The van der Waals surface area contributed by atoms with Crippen molar-refractivity contribution >= 4 is 64.4 Å². The van der Waals surface area contributed by atoms with E-state index >= 15 is 0 Å². The molecule has 2 saturated heterocycles. The number of benzene rings is 5. The van der Waals surface area contributed by atoms with Crippen LogP contribution in [0.25, 0.3) is 0 Å². The summed E-state index contributed by atoms with van der Waals surface area (Å²) in [4.78, 5) is 129. The highest BCUT2D eigenvalue weighted by Crippen LogP contribution is 2.58. The monoisotopic (exact) mass is 1330 g/mol. The van der Waals surface area contributed by atoms with E-state index in [0.29, 0.717) is 95.3 Å². The zero-order valence-electron chi connectivity index (χ0n) is 56.7. The lowest BCUT2D eigenvalue weighted by molar-refractivity contribution is -0.133. The number of aliphatic hydroxyl groups excluding tert-OH is 1. The van der Waals surface area contributed by atoms with Gasteiger partial charge in [-0.05, 0) is 165 Å². The van der Waals surface area contributed by atoms with Gasteiger partial charge in [0.25, 0.3) is 11.8 Å². The third-order valence-electron chi connectivity index (χ3n) is 21.0. The number of aliphatic hydroxyl groups is 1. The Bertz CT molecular complexity index is 4010. The number of ether oxygens (including phenoxy) is 4. The van der Waals surface area contributed by atoms with E-state index < -0.39 is 47.9 Å². The second-order valence-corrected chi connectivity index (χ2v) is 28.4. The Labute approximate surface area is 572 Å². The van der Waals surface area contributed by atoms with E-state index in [1.54, 1.807) is 74.1 Å². The fourth-order valence-corrected chi connectivity index (χ4v) is 14.6. The van der Waals surface area contributed by atoms with Gasteiger partial charge in [0.15, 0.2) is 29.3 Å². The first-order valence-electron chi connectivity index (χ1n) is 34.8. The smallest absolute Gasteiger partial charge is 0.416 e. The van der Waals surface area contributed by atoms with Gasteiger partial charge in [0.2, 0.25) is 17.7 Å². The average Bonchev–Trinajstić information content (AvgIpc) is 1.57. The number of aryl methyl sites for hydroxylation is 2. The summed E-state index contributed by atoms with van der Waals surface area (Å²) < 4.78 is 24.2. The highest BCUT2D eigenvalue weighted by Gasteiger charge is 2.58. The van der Waals surface area contributed by atoms with Crippen molar-refractivity contribution in [1.82, 2.24) is 20.4 Å². The zero-order valence-corrected chi connectivity index (χ0v) is 56.7. The number of methoxy groups -OCH3 is 1. The normalized spacial score (nSPS) is 19.3. The Balaban J connectivity index is 0.583. The lowest BCUT2D eigenvalue weighted by Gasteiger charge is -2.31. The molecular weight excluding hydrogens is 1240 g/mol. The van der Waals surface area contributed by atoms with E-state index in [9.17, 15) is 48.3 Å². The SMILES string of the molecule is COc1cc2c(cc1OCCCCCOc1cc3c(cc1C)C(=O)N1CC4(CC4)C[C@H]1[C@H](O)N3C(=O)OCc1ccc(CC(=O)[C@H](C)NC(=O)[C@@H](CC(=O)CNC(=O)CCC(=O)CCC(=O)N3Cc4ccccc4C#Cc4ccccc43)C(C)C)cc1)CC[C@@H]1CC3(CC3)CN1C2=O. The lowest BCUT2D eigenvalue weighted by atomic mass is 9.89. The van der Waals surface area contributed by atoms with Gasteiger partial charge in [0, 0.05) is 86.3 Å². The number of nitrogens with zero attached hydrogens (tertiary/aromatic N) is 4. The molecule has 2 saturated carbocycles. The molecule has 5 aromatic carbocycles. The number of fused-ring (bicyclic) bond motifs is 6. The largest absolute Gasteiger partial charge is 0.493 e. The van der Waals surface area contributed by atoms with Gasteiger partial charge in [-0.1, -0.05) is 80.3 Å². The molecule has 5 aromatic rings. The Morgan fingerprint density at radius 3 is 2.08 bits per heavy atom. The molecule has 5 aliphatic heterocycles. The molecule has 20 heteroatoms. The number of hydrogen-bond donors (Lipinski definition) is 3. The molecule has 0 aromatic heterocycles. The van der Waals surface area contributed by atoms with E-state index in [1.807, 2.05) is 67.6 Å². The predicted molar refractivity (Wildman–Crippen MR) is 365 cm³/mol. The predicted octanol–water partition coefficient (Wildman–Crippen LogP) is 10.1. The molecule has 0 bridgehead atoms. The molecule has 5 atom stereocenters. The standard InChI is InChI=1S/C78H88N6O14/c1-48(2)60(38-59(86)43-79-70(88)27-25-58(85)26-28-71(89)81-44-56-15-8-7-13-53(56)21-22-54-14-9-10-16-63(54)81)72(90)80-50(4)66(87)36-51-17-19-52(20-18-51)45-98-76(94)84-64-40-67(49(3)35-62(64)74(92)83-47-78(31-32-78)42-65(83)75(84)93)96-33-11-6-12-34-97-69-37-55-23-24-57-41-77(29-30-77)46-82(57)73(91)61(55)39-68(69)95-5/h7-10,13-20,35,37,39-40,48,50,57,60,65,75,93H,6,11-12,23-34,36,38,41-47H2,1-5H3,(H,79,88)(H,80,90)/t50-,57+,60-,65-,75-/m0/s1. The van der Waals surface area contributed by atoms with Crippen LogP contribution in [0.5, 0.6) is 17.2 Å². The minimum absolute atomic E-state index is 0.0342. The van der Waals surface area contributed by atoms with Gasteiger partial charge in [-0.25, -0.2) is 9.69 Å². The molecule has 2 spiro atoms. The summed E-state index contributed by atoms with van der Waals surface area (Å²) in [6.07, 6.45) is 7.02. The number of rotatable bonds is 27. The highest BCUT2D eigenvalue weighted by molar-refractivity contribution is 6.06. The van der Waals surface area contributed by atoms with Crippen LogP contribution in [-0.2, 0) is 59.5 Å². The molecule has 2 aliphatic carbocycles. The van der Waals surface area contributed by atoms with E-state index in [2.05, 4.69) is 27.4 Å². The van der Waals surface area contributed by atoms with Gasteiger partial charge in [-0.15, -0.1) is 0 Å². The van der Waals surface area contributed by atoms with Crippen LogP contribution >= 0.6 is 0 Å². The van der Waals surface area contributed by atoms with Crippen LogP contribution in [-0.4, -0.2) is 132 Å². The molecule has 514 valence electrons. The highest BCUT2D eigenvalue weighted by atomic mass is 16.6. The first-order valence-corrected chi connectivity index (χ1v) is 34.8. The van der Waals surface area contributed by atoms with Gasteiger partial charge in [0.05, 0.1) is 62.4 Å². The van der Waals surface area contributed by atoms with Crippen LogP contribution in [0.4, 0.5) is 16.2 Å². The Hall–Kier alpha value is -9.35. The van der Waals surface area contributed by atoms with Crippen molar-refractivity contribution in [2.45, 2.75) is 174 Å². The first kappa shape index (κ1) is 68.6. The molecular formula is C78H88N6O14. The van der Waals surface area contributed by atoms with Crippen molar-refractivity contribution in [3.8, 4) is 29.1 Å². The van der Waals surface area contributed by atoms with Crippen LogP contribution in [0.3, 0.4) is 0 Å². The number of unbranched alkanes of at least 4 members (excludes halogenated alkanes) is 2. The minimum atomic E-state index is -1.40. The number of nitrogens with one attached hydrogen (secondary N) is 2. The quantitative estimate of drug-likeness (QED) is 0.0327. The number of amides is 6. The summed E-state index contributed by atoms with van der Waals surface area (Å²) in [7, 11) is 1.59. The van der Waals surface area contributed by atoms with Crippen molar-refractivity contribution in [3.05, 3.63) is 147 Å². The molecule has 7 aliphatic rings. The summed E-state index contributed by atoms with van der Waals surface area (Å²) in [5.74, 6) is 4.52. The Kier molecular flexibility index (Phi) is 20.6. The lowest BCUT2D eigenvalue weighted by Crippen LogP contribution is -2.50. The summed E-state index contributed by atoms with van der Waals surface area (Å²) in [5.41, 5.74) is 7.44. The number of hydrogen-bond acceptors (Lipinski definition) is 14. The van der Waals surface area contributed by atoms with Crippen LogP contribution in [0, 0.1) is 41.4 Å². The van der Waals surface area contributed by atoms with Crippen LogP contribution in [0.15, 0.2) is 97.1 Å². The van der Waals surface area contributed by atoms with E-state index in [1.165, 1.54) is 17.7 Å². The van der Waals surface area contributed by atoms with E-state index in [0.717, 1.165) is 68.2 Å². The Morgan fingerprint density at radius 1 is 0.684 bits per heavy atom. The molecule has 4 fully saturated rings. The molecule has 3 N–H and O–H groups in total. The summed E-state index contributed by atoms with van der Waals surface area (Å²) in [6.45, 7) is 8.89. The maximum absolute atomic E-state index is 14.4. The third kappa shape index (κ3) is 15.5. The molecule has 98 heavy (non-hydrogen) atoms. The summed E-state index contributed by atoms with van der Waals surface area (Å²) in [5, 5.41) is 17.5. The fourth-order valence-electron chi connectivity index (χ4n) is 14.6. The van der Waals surface area contributed by atoms with E-state index in [-0.39, 0.29) is 110 Å². The van der Waals surface area contributed by atoms with Gasteiger partial charge >= 0.3 is 6.09 Å². The summed E-state index contributed by atoms with van der Waals surface area (Å²) >= 11 is 0. The fraction of sp³-hybridized carbons (Fsp3) is 0.474. The Morgan fingerprint density at radius 2 is 1.35 bits per heavy atom. The number of carbonyl (C=O) groups excluding carboxylic acids is 9. The van der Waals surface area contributed by atoms with Crippen LogP contribution < -0.4 is 34.6 Å². The maximum atomic E-state index is 14.4. The van der Waals surface area contributed by atoms with Gasteiger partial charge < -0.3 is 49.4 Å². The number of carbonyl (C=O) groups is 9. The molecule has 5 heterocycles. The van der Waals surface area contributed by atoms with Crippen molar-refractivity contribution in [2.75, 3.05) is 49.8 Å². The number of ketones is 3. The van der Waals surface area contributed by atoms with Crippen LogP contribution in [0.1, 0.15) is 177 Å². The second-order valence-electron chi connectivity index (χ2n) is 28.4. The molecule has 6 amide bonds. The van der Waals surface area contributed by atoms with Crippen LogP contribution in [0.2, 0.25) is 0 Å². The molecule has 0 unspecified atom stereocenters. The van der Waals surface area contributed by atoms with Crippen molar-refractivity contribution in [2.24, 2.45) is 22.7 Å². The van der Waals surface area contributed by atoms with Gasteiger partial charge in [0.1, 0.15) is 18.1 Å². The number of anilines is 2. The third-order valence-corrected chi connectivity index (χ3v) is 21.0. The van der Waals surface area contributed by atoms with E-state index in [4.69, 9.17) is 18.9 Å². The molecule has 12 rings (SSSR count). The molecule has 0 radical (unpaired) electrons. The first-order chi connectivity index (χ1) is 47.2. The topological polar surface area (TPSA) is 248 Å². The number of Topliss-reactive ketones (excluding diaryl/α,β-unsaturated/α-hetero) is 3. The van der Waals surface area contributed by atoms with Gasteiger partial charge in [-0.2, -0.15) is 0 Å². The maximum Gasteiger partial charge on any atom is 0.416 e. The minimum Gasteiger partial charge on any atom is -0.493 e. The molecule has 20 nitrogen and oxygen atoms in total.